The quantitative estimate of drug-likeness (QED) is 0.552. The van der Waals surface area contributed by atoms with Crippen LogP contribution in [0.2, 0.25) is 0 Å². The van der Waals surface area contributed by atoms with Gasteiger partial charge in [0.25, 0.3) is 0 Å². The topological polar surface area (TPSA) is 132 Å². The maximum atomic E-state index is 10.0. The summed E-state index contributed by atoms with van der Waals surface area (Å²) in [5.74, 6) is 0.318. The second kappa shape index (κ2) is 4.34. The molecule has 0 aromatic carbocycles. The van der Waals surface area contributed by atoms with Gasteiger partial charge in [-0.05, 0) is 12.1 Å². The lowest BCUT2D eigenvalue weighted by Gasteiger charge is -2.14. The number of nitrogen functional groups attached to an aromatic ring is 2. The Bertz CT molecular complexity index is 614. The van der Waals surface area contributed by atoms with Crippen molar-refractivity contribution >= 4 is 17.3 Å². The molecule has 3 unspecified atom stereocenters. The van der Waals surface area contributed by atoms with Gasteiger partial charge in [0.05, 0.1) is 24.5 Å². The molecule has 3 rings (SSSR count). The van der Waals surface area contributed by atoms with E-state index in [0.717, 1.165) is 0 Å². The molecule has 19 heavy (non-hydrogen) atoms. The molecule has 2 aromatic rings. The number of fused-ring (bicyclic) bond motifs is 1. The molecule has 0 aliphatic carbocycles. The molecule has 0 spiro atoms. The SMILES string of the molecule is Nc1nc(N)c2ccc(C3OC(CO)CC3O)n2n1. The molecule has 3 atom stereocenters. The second-order valence-electron chi connectivity index (χ2n) is 4.57. The molecule has 0 radical (unpaired) electrons. The van der Waals surface area contributed by atoms with Gasteiger partial charge < -0.3 is 26.4 Å². The highest BCUT2D eigenvalue weighted by atomic mass is 16.5. The number of nitrogens with zero attached hydrogens (tertiary/aromatic N) is 3. The Labute approximate surface area is 108 Å². The molecule has 1 saturated heterocycles. The third-order valence-corrected chi connectivity index (χ3v) is 3.27. The number of hydrogen-bond donors (Lipinski definition) is 4. The minimum atomic E-state index is -0.701. The van der Waals surface area contributed by atoms with Gasteiger partial charge in [-0.1, -0.05) is 0 Å². The lowest BCUT2D eigenvalue weighted by atomic mass is 10.1. The van der Waals surface area contributed by atoms with Crippen molar-refractivity contribution in [2.75, 3.05) is 18.1 Å². The molecular weight excluding hydrogens is 250 g/mol. The number of aromatic nitrogens is 3. The summed E-state index contributed by atoms with van der Waals surface area (Å²) in [6, 6.07) is 3.50. The lowest BCUT2D eigenvalue weighted by Crippen LogP contribution is -2.16. The van der Waals surface area contributed by atoms with Crippen molar-refractivity contribution in [1.82, 2.24) is 14.6 Å². The van der Waals surface area contributed by atoms with E-state index in [4.69, 9.17) is 21.3 Å². The summed E-state index contributed by atoms with van der Waals surface area (Å²) in [5, 5.41) is 23.2. The smallest absolute Gasteiger partial charge is 0.240 e. The highest BCUT2D eigenvalue weighted by Crippen LogP contribution is 2.34. The Balaban J connectivity index is 2.06. The van der Waals surface area contributed by atoms with Gasteiger partial charge in [-0.25, -0.2) is 4.52 Å². The maximum Gasteiger partial charge on any atom is 0.240 e. The van der Waals surface area contributed by atoms with E-state index in [2.05, 4.69) is 10.1 Å². The van der Waals surface area contributed by atoms with Gasteiger partial charge >= 0.3 is 0 Å². The zero-order valence-electron chi connectivity index (χ0n) is 10.1. The van der Waals surface area contributed by atoms with Crippen molar-refractivity contribution < 1.29 is 14.9 Å². The maximum absolute atomic E-state index is 10.0. The number of ether oxygens (including phenoxy) is 1. The molecule has 3 heterocycles. The average Bonchev–Trinajstić information content (AvgIpc) is 2.92. The first kappa shape index (κ1) is 12.2. The van der Waals surface area contributed by atoms with E-state index < -0.39 is 12.2 Å². The van der Waals surface area contributed by atoms with Crippen LogP contribution in [0.3, 0.4) is 0 Å². The predicted molar refractivity (Wildman–Crippen MR) is 67.1 cm³/mol. The second-order valence-corrected chi connectivity index (χ2v) is 4.57. The monoisotopic (exact) mass is 265 g/mol. The number of anilines is 2. The summed E-state index contributed by atoms with van der Waals surface area (Å²) in [7, 11) is 0. The Morgan fingerprint density at radius 3 is 2.89 bits per heavy atom. The third kappa shape index (κ3) is 1.89. The van der Waals surface area contributed by atoms with Crippen LogP contribution in [0.15, 0.2) is 12.1 Å². The van der Waals surface area contributed by atoms with Crippen molar-refractivity contribution in [2.45, 2.75) is 24.7 Å². The summed E-state index contributed by atoms with van der Waals surface area (Å²) in [6.45, 7) is -0.129. The minimum Gasteiger partial charge on any atom is -0.394 e. The van der Waals surface area contributed by atoms with Gasteiger partial charge in [-0.2, -0.15) is 4.98 Å². The van der Waals surface area contributed by atoms with Crippen LogP contribution in [0, 0.1) is 0 Å². The van der Waals surface area contributed by atoms with Gasteiger partial charge in [-0.3, -0.25) is 0 Å². The highest BCUT2D eigenvalue weighted by molar-refractivity contribution is 5.66. The zero-order valence-corrected chi connectivity index (χ0v) is 10.1. The number of hydrogen-bond acceptors (Lipinski definition) is 7. The Morgan fingerprint density at radius 1 is 1.42 bits per heavy atom. The van der Waals surface area contributed by atoms with Crippen LogP contribution in [0.5, 0.6) is 0 Å². The number of aliphatic hydroxyl groups is 2. The summed E-state index contributed by atoms with van der Waals surface area (Å²) >= 11 is 0. The lowest BCUT2D eigenvalue weighted by molar-refractivity contribution is -0.0136. The van der Waals surface area contributed by atoms with E-state index in [-0.39, 0.29) is 24.5 Å². The van der Waals surface area contributed by atoms with E-state index in [1.54, 1.807) is 12.1 Å². The molecule has 0 amide bonds. The van der Waals surface area contributed by atoms with Crippen LogP contribution < -0.4 is 11.5 Å². The summed E-state index contributed by atoms with van der Waals surface area (Å²) in [5.41, 5.74) is 12.6. The molecule has 8 nitrogen and oxygen atoms in total. The van der Waals surface area contributed by atoms with Crippen LogP contribution in [-0.4, -0.2) is 43.6 Å². The first-order valence-corrected chi connectivity index (χ1v) is 5.95. The molecular formula is C11H15N5O3. The zero-order chi connectivity index (χ0) is 13.6. The van der Waals surface area contributed by atoms with Gasteiger partial charge in [0, 0.05) is 6.42 Å². The normalized spacial score (nSPS) is 27.2. The van der Waals surface area contributed by atoms with Crippen molar-refractivity contribution in [2.24, 2.45) is 0 Å². The van der Waals surface area contributed by atoms with E-state index in [9.17, 15) is 5.11 Å². The van der Waals surface area contributed by atoms with Gasteiger partial charge in [-0.15, -0.1) is 5.10 Å². The van der Waals surface area contributed by atoms with Crippen molar-refractivity contribution in [3.05, 3.63) is 17.8 Å². The summed E-state index contributed by atoms with van der Waals surface area (Å²) < 4.78 is 7.11. The molecule has 102 valence electrons. The van der Waals surface area contributed by atoms with E-state index in [1.165, 1.54) is 4.52 Å². The molecule has 1 aliphatic rings. The van der Waals surface area contributed by atoms with Crippen LogP contribution in [-0.2, 0) is 4.74 Å². The van der Waals surface area contributed by atoms with Crippen molar-refractivity contribution in [1.29, 1.82) is 0 Å². The molecule has 1 aliphatic heterocycles. The highest BCUT2D eigenvalue weighted by Gasteiger charge is 2.36. The number of aliphatic hydroxyl groups excluding tert-OH is 2. The largest absolute Gasteiger partial charge is 0.394 e. The summed E-state index contributed by atoms with van der Waals surface area (Å²) in [6.07, 6.45) is -1.26. The fourth-order valence-electron chi connectivity index (χ4n) is 2.40. The van der Waals surface area contributed by atoms with Gasteiger partial charge in [0.15, 0.2) is 5.82 Å². The van der Waals surface area contributed by atoms with Crippen LogP contribution in [0.4, 0.5) is 11.8 Å². The molecule has 6 N–H and O–H groups in total. The van der Waals surface area contributed by atoms with Gasteiger partial charge in [0.1, 0.15) is 11.6 Å². The van der Waals surface area contributed by atoms with E-state index in [0.29, 0.717) is 17.6 Å². The molecule has 8 heteroatoms. The Morgan fingerprint density at radius 2 is 2.21 bits per heavy atom. The third-order valence-electron chi connectivity index (χ3n) is 3.27. The molecule has 0 bridgehead atoms. The van der Waals surface area contributed by atoms with Gasteiger partial charge in [0.2, 0.25) is 5.95 Å². The van der Waals surface area contributed by atoms with Crippen LogP contribution in [0.25, 0.3) is 5.52 Å². The Kier molecular flexibility index (Phi) is 2.77. The van der Waals surface area contributed by atoms with Crippen LogP contribution in [0.1, 0.15) is 18.2 Å². The van der Waals surface area contributed by atoms with E-state index in [1.807, 2.05) is 0 Å². The average molecular weight is 265 g/mol. The fraction of sp³-hybridized carbons (Fsp3) is 0.455. The fourth-order valence-corrected chi connectivity index (χ4v) is 2.40. The minimum absolute atomic E-state index is 0.0497. The first-order chi connectivity index (χ1) is 9.10. The van der Waals surface area contributed by atoms with Crippen molar-refractivity contribution in [3.8, 4) is 0 Å². The van der Waals surface area contributed by atoms with Crippen LogP contribution >= 0.6 is 0 Å². The molecule has 0 saturated carbocycles. The predicted octanol–water partition coefficient (Wildman–Crippen LogP) is -0.923. The number of rotatable bonds is 2. The first-order valence-electron chi connectivity index (χ1n) is 5.95. The van der Waals surface area contributed by atoms with E-state index >= 15 is 0 Å². The summed E-state index contributed by atoms with van der Waals surface area (Å²) in [4.78, 5) is 3.87. The molecule has 1 fully saturated rings. The standard InChI is InChI=1S/C11H15N5O3/c12-10-7-2-1-6(16(7)15-11(13)14-10)9-8(18)3-5(4-17)19-9/h1-2,5,8-9,17-18H,3-4H2,(H4,12,13,14,15). The Hall–Kier alpha value is -1.90. The van der Waals surface area contributed by atoms with Crippen molar-refractivity contribution in [3.63, 3.8) is 0 Å². The molecule has 2 aromatic heterocycles. The number of nitrogens with two attached hydrogens (primary N) is 2.